The third kappa shape index (κ3) is 7.73. The fourth-order valence-electron chi connectivity index (χ4n) is 2.30. The number of nitrogens with one attached hydrogen (secondary N) is 1. The van der Waals surface area contributed by atoms with Gasteiger partial charge in [0, 0.05) is 20.1 Å². The van der Waals surface area contributed by atoms with Crippen molar-refractivity contribution in [2.45, 2.75) is 39.0 Å². The van der Waals surface area contributed by atoms with Gasteiger partial charge in [-0.05, 0) is 32.2 Å². The van der Waals surface area contributed by atoms with Crippen LogP contribution >= 0.6 is 11.6 Å². The first kappa shape index (κ1) is 22.3. The molecule has 24 heavy (non-hydrogen) atoms. The number of alkyl halides is 1. The number of halogens is 1. The highest BCUT2D eigenvalue weighted by Gasteiger charge is 2.16. The van der Waals surface area contributed by atoms with E-state index in [0.29, 0.717) is 5.82 Å². The van der Waals surface area contributed by atoms with Gasteiger partial charge in [0.2, 0.25) is 0 Å². The van der Waals surface area contributed by atoms with Crippen molar-refractivity contribution in [1.29, 1.82) is 0 Å². The van der Waals surface area contributed by atoms with E-state index in [1.165, 1.54) is 0 Å². The Hall–Kier alpha value is -1.68. The molecule has 0 aromatic heterocycles. The average molecular weight is 353 g/mol. The number of unbranched alkanes of at least 4 members (excludes halogenated alkanes) is 3. The summed E-state index contributed by atoms with van der Waals surface area (Å²) in [6, 6.07) is 0.272. The summed E-state index contributed by atoms with van der Waals surface area (Å²) in [5, 5.41) is 3.17. The SMILES string of the molecule is C=CCCCN(C)C(=C)/C(NCCl)=C(/N=C)N(C=C)CCCCC. The second-order valence-electron chi connectivity index (χ2n) is 5.55. The Morgan fingerprint density at radius 2 is 1.92 bits per heavy atom. The van der Waals surface area contributed by atoms with Crippen molar-refractivity contribution in [3.8, 4) is 0 Å². The molecule has 0 amide bonds. The molecule has 0 bridgehead atoms. The van der Waals surface area contributed by atoms with Gasteiger partial charge >= 0.3 is 0 Å². The van der Waals surface area contributed by atoms with Gasteiger partial charge in [-0.15, -0.1) is 18.2 Å². The molecule has 0 saturated carbocycles. The van der Waals surface area contributed by atoms with Gasteiger partial charge in [-0.2, -0.15) is 0 Å². The molecular formula is C19H33ClN4. The van der Waals surface area contributed by atoms with Crippen LogP contribution in [-0.4, -0.2) is 42.7 Å². The Morgan fingerprint density at radius 1 is 1.21 bits per heavy atom. The Bertz CT molecular complexity index is 443. The van der Waals surface area contributed by atoms with E-state index < -0.39 is 0 Å². The van der Waals surface area contributed by atoms with Crippen LogP contribution in [0.25, 0.3) is 0 Å². The number of allylic oxidation sites excluding steroid dienone is 1. The van der Waals surface area contributed by atoms with Gasteiger partial charge in [0.1, 0.15) is 5.70 Å². The van der Waals surface area contributed by atoms with Gasteiger partial charge in [0.25, 0.3) is 0 Å². The maximum absolute atomic E-state index is 5.92. The van der Waals surface area contributed by atoms with E-state index in [2.05, 4.69) is 48.6 Å². The van der Waals surface area contributed by atoms with E-state index in [1.54, 1.807) is 6.20 Å². The lowest BCUT2D eigenvalue weighted by molar-refractivity contribution is 0.397. The van der Waals surface area contributed by atoms with Crippen LogP contribution in [0.2, 0.25) is 0 Å². The number of likely N-dealkylation sites (N-methyl/N-ethyl adjacent to an activating group) is 1. The Labute approximate surface area is 153 Å². The zero-order chi connectivity index (χ0) is 18.4. The third-order valence-electron chi connectivity index (χ3n) is 3.76. The predicted octanol–water partition coefficient (Wildman–Crippen LogP) is 4.69. The van der Waals surface area contributed by atoms with Crippen molar-refractivity contribution in [3.05, 3.63) is 49.2 Å². The second-order valence-corrected chi connectivity index (χ2v) is 5.82. The largest absolute Gasteiger partial charge is 0.373 e. The maximum Gasteiger partial charge on any atom is 0.157 e. The molecule has 0 fully saturated rings. The number of nitrogens with zero attached hydrogens (tertiary/aromatic N) is 3. The molecule has 136 valence electrons. The minimum absolute atomic E-state index is 0.272. The lowest BCUT2D eigenvalue weighted by Gasteiger charge is -2.28. The molecule has 0 aliphatic rings. The number of hydrogen-bond donors (Lipinski definition) is 1. The van der Waals surface area contributed by atoms with Gasteiger partial charge < -0.3 is 15.1 Å². The zero-order valence-corrected chi connectivity index (χ0v) is 16.1. The van der Waals surface area contributed by atoms with Crippen LogP contribution in [0, 0.1) is 0 Å². The molecule has 0 atom stereocenters. The molecule has 0 aromatic carbocycles. The molecule has 5 heteroatoms. The van der Waals surface area contributed by atoms with E-state index in [0.717, 1.165) is 56.6 Å². The van der Waals surface area contributed by atoms with Crippen molar-refractivity contribution in [2.75, 3.05) is 26.1 Å². The highest BCUT2D eigenvalue weighted by atomic mass is 35.5. The van der Waals surface area contributed by atoms with Crippen LogP contribution in [0.3, 0.4) is 0 Å². The molecule has 4 nitrogen and oxygen atoms in total. The molecule has 0 radical (unpaired) electrons. The fourth-order valence-corrected chi connectivity index (χ4v) is 2.44. The third-order valence-corrected chi connectivity index (χ3v) is 3.90. The summed E-state index contributed by atoms with van der Waals surface area (Å²) < 4.78 is 0. The molecule has 0 aliphatic heterocycles. The predicted molar refractivity (Wildman–Crippen MR) is 108 cm³/mol. The van der Waals surface area contributed by atoms with E-state index in [1.807, 2.05) is 18.0 Å². The molecule has 0 rings (SSSR count). The summed E-state index contributed by atoms with van der Waals surface area (Å²) in [5.74, 6) is 0.710. The highest BCUT2D eigenvalue weighted by Crippen LogP contribution is 2.20. The molecule has 0 aliphatic carbocycles. The normalized spacial score (nSPS) is 11.3. The van der Waals surface area contributed by atoms with E-state index in [4.69, 9.17) is 11.6 Å². The Kier molecular flexibility index (Phi) is 12.8. The van der Waals surface area contributed by atoms with Gasteiger partial charge in [-0.3, -0.25) is 0 Å². The summed E-state index contributed by atoms with van der Waals surface area (Å²) in [4.78, 5) is 8.31. The minimum Gasteiger partial charge on any atom is -0.373 e. The number of aliphatic imine (C=N–C) groups is 1. The molecule has 0 saturated heterocycles. The second kappa shape index (κ2) is 13.7. The van der Waals surface area contributed by atoms with Gasteiger partial charge in [0.15, 0.2) is 5.82 Å². The van der Waals surface area contributed by atoms with Crippen LogP contribution in [0.4, 0.5) is 0 Å². The van der Waals surface area contributed by atoms with Crippen LogP contribution < -0.4 is 5.32 Å². The average Bonchev–Trinajstić information content (AvgIpc) is 2.59. The topological polar surface area (TPSA) is 30.9 Å². The van der Waals surface area contributed by atoms with Crippen molar-refractivity contribution in [2.24, 2.45) is 4.99 Å². The highest BCUT2D eigenvalue weighted by molar-refractivity contribution is 6.17. The fraction of sp³-hybridized carbons (Fsp3) is 0.526. The monoisotopic (exact) mass is 352 g/mol. The Morgan fingerprint density at radius 3 is 2.42 bits per heavy atom. The van der Waals surface area contributed by atoms with Gasteiger partial charge in [-0.25, -0.2) is 4.99 Å². The van der Waals surface area contributed by atoms with E-state index in [-0.39, 0.29) is 6.00 Å². The maximum atomic E-state index is 5.92. The van der Waals surface area contributed by atoms with Crippen LogP contribution in [0.5, 0.6) is 0 Å². The summed E-state index contributed by atoms with van der Waals surface area (Å²) in [5.41, 5.74) is 1.63. The van der Waals surface area contributed by atoms with Crippen LogP contribution in [0.1, 0.15) is 39.0 Å². The molecule has 0 aromatic rings. The lowest BCUT2D eigenvalue weighted by Crippen LogP contribution is -2.30. The smallest absolute Gasteiger partial charge is 0.157 e. The van der Waals surface area contributed by atoms with Crippen molar-refractivity contribution in [3.63, 3.8) is 0 Å². The summed E-state index contributed by atoms with van der Waals surface area (Å²) >= 11 is 5.92. The zero-order valence-electron chi connectivity index (χ0n) is 15.4. The Balaban J connectivity index is 5.35. The summed E-state index contributed by atoms with van der Waals surface area (Å²) in [7, 11) is 2.01. The quantitative estimate of drug-likeness (QED) is 0.116. The van der Waals surface area contributed by atoms with Crippen LogP contribution in [-0.2, 0) is 0 Å². The van der Waals surface area contributed by atoms with Gasteiger partial charge in [-0.1, -0.05) is 39.0 Å². The molecular weight excluding hydrogens is 320 g/mol. The summed E-state index contributed by atoms with van der Waals surface area (Å²) in [6.07, 6.45) is 9.09. The van der Waals surface area contributed by atoms with Crippen LogP contribution in [0.15, 0.2) is 54.2 Å². The first-order valence-electron chi connectivity index (χ1n) is 8.48. The van der Waals surface area contributed by atoms with Crippen molar-refractivity contribution < 1.29 is 0 Å². The van der Waals surface area contributed by atoms with E-state index in [9.17, 15) is 0 Å². The molecule has 0 unspecified atom stereocenters. The standard InChI is InChI=1S/C19H33ClN4/c1-7-10-12-14-23(6)17(4)18(22-16-20)19(21-5)24(9-3)15-13-11-8-2/h7,9,22H,1,3-5,8,10-16H2,2,6H3/b19-18+. The first-order chi connectivity index (χ1) is 11.6. The van der Waals surface area contributed by atoms with Crippen molar-refractivity contribution in [1.82, 2.24) is 15.1 Å². The van der Waals surface area contributed by atoms with Gasteiger partial charge in [0.05, 0.1) is 11.7 Å². The molecule has 0 spiro atoms. The molecule has 1 N–H and O–H groups in total. The summed E-state index contributed by atoms with van der Waals surface area (Å²) in [6.45, 7) is 19.5. The van der Waals surface area contributed by atoms with Crippen molar-refractivity contribution >= 4 is 18.3 Å². The number of rotatable bonds is 15. The van der Waals surface area contributed by atoms with E-state index >= 15 is 0 Å². The number of hydrogen-bond acceptors (Lipinski definition) is 4. The first-order valence-corrected chi connectivity index (χ1v) is 9.02. The lowest BCUT2D eigenvalue weighted by atomic mass is 10.2. The molecule has 0 heterocycles. The minimum atomic E-state index is 0.272.